The summed E-state index contributed by atoms with van der Waals surface area (Å²) in [7, 11) is 1.36. The van der Waals surface area contributed by atoms with Gasteiger partial charge in [-0.2, -0.15) is 0 Å². The number of methoxy groups -OCH3 is 1. The molecule has 186 valence electrons. The maximum absolute atomic E-state index is 14.4. The molecule has 9 nitrogen and oxygen atoms in total. The number of anilines is 2. The van der Waals surface area contributed by atoms with Crippen LogP contribution in [0, 0.1) is 5.82 Å². The lowest BCUT2D eigenvalue weighted by Crippen LogP contribution is -2.28. The zero-order valence-electron chi connectivity index (χ0n) is 19.6. The van der Waals surface area contributed by atoms with Crippen molar-refractivity contribution in [3.8, 4) is 17.0 Å². The van der Waals surface area contributed by atoms with Crippen LogP contribution < -0.4 is 15.8 Å². The first-order valence-electron chi connectivity index (χ1n) is 11.6. The monoisotopic (exact) mass is 491 g/mol. The van der Waals surface area contributed by atoms with E-state index in [2.05, 4.69) is 10.3 Å². The number of hydrogen-bond donors (Lipinski definition) is 3. The Morgan fingerprint density at radius 3 is 2.78 bits per heavy atom. The molecule has 1 aliphatic rings. The second-order valence-corrected chi connectivity index (χ2v) is 8.62. The van der Waals surface area contributed by atoms with Crippen LogP contribution in [0.15, 0.2) is 54.9 Å². The Hall–Kier alpha value is -4.02. The molecule has 5 rings (SSSR count). The van der Waals surface area contributed by atoms with Crippen molar-refractivity contribution in [1.82, 2.24) is 14.4 Å². The Balaban J connectivity index is 1.43. The number of rotatable bonds is 6. The molecule has 1 aliphatic heterocycles. The van der Waals surface area contributed by atoms with E-state index in [1.807, 2.05) is 10.6 Å². The number of hydrogen-bond acceptors (Lipinski definition) is 7. The third-order valence-corrected chi connectivity index (χ3v) is 6.40. The minimum absolute atomic E-state index is 0.00154. The van der Waals surface area contributed by atoms with Gasteiger partial charge in [0.1, 0.15) is 22.9 Å². The number of carbonyl (C=O) groups is 1. The van der Waals surface area contributed by atoms with Crippen LogP contribution in [0.2, 0.25) is 0 Å². The van der Waals surface area contributed by atoms with E-state index in [0.29, 0.717) is 29.2 Å². The number of carbonyl (C=O) groups excluding carboxylic acids is 1. The van der Waals surface area contributed by atoms with Gasteiger partial charge in [-0.15, -0.1) is 0 Å². The van der Waals surface area contributed by atoms with Crippen LogP contribution in [0.25, 0.3) is 16.8 Å². The molecule has 10 heteroatoms. The summed E-state index contributed by atoms with van der Waals surface area (Å²) in [6.45, 7) is 0.452. The van der Waals surface area contributed by atoms with Crippen LogP contribution in [-0.4, -0.2) is 51.8 Å². The summed E-state index contributed by atoms with van der Waals surface area (Å²) < 4.78 is 27.1. The van der Waals surface area contributed by atoms with Crippen LogP contribution >= 0.6 is 0 Å². The predicted molar refractivity (Wildman–Crippen MR) is 133 cm³/mol. The van der Waals surface area contributed by atoms with Crippen molar-refractivity contribution in [2.45, 2.75) is 24.9 Å². The van der Waals surface area contributed by atoms with E-state index in [9.17, 15) is 14.3 Å². The van der Waals surface area contributed by atoms with Crippen molar-refractivity contribution in [1.29, 1.82) is 0 Å². The molecule has 3 heterocycles. The standard InChI is InChI=1S/C26H26FN5O4/c1-35-20-4-2-3-19(21(20)27)30-26(34)16-7-5-15(6-8-16)22-23-24(28)29-11-12-32(23)25(31-22)17-9-10-18(13-33)36-14-17/h2-8,11-12,17-18,33H,9-10,13-14H2,1H3,(H2,28,29)(H,30,34). The summed E-state index contributed by atoms with van der Waals surface area (Å²) in [5, 5.41) is 11.9. The highest BCUT2D eigenvalue weighted by atomic mass is 19.1. The highest BCUT2D eigenvalue weighted by Crippen LogP contribution is 2.34. The van der Waals surface area contributed by atoms with Crippen molar-refractivity contribution >= 4 is 22.9 Å². The van der Waals surface area contributed by atoms with Crippen LogP contribution in [0.1, 0.15) is 34.9 Å². The Morgan fingerprint density at radius 1 is 1.28 bits per heavy atom. The average Bonchev–Trinajstić information content (AvgIpc) is 3.31. The van der Waals surface area contributed by atoms with Gasteiger partial charge in [0.05, 0.1) is 32.1 Å². The number of benzene rings is 2. The van der Waals surface area contributed by atoms with Gasteiger partial charge in [0.2, 0.25) is 0 Å². The van der Waals surface area contributed by atoms with E-state index in [1.165, 1.54) is 19.2 Å². The fourth-order valence-electron chi connectivity index (χ4n) is 4.47. The molecular weight excluding hydrogens is 465 g/mol. The number of imidazole rings is 1. The van der Waals surface area contributed by atoms with Crippen molar-refractivity contribution < 1.29 is 23.8 Å². The van der Waals surface area contributed by atoms with E-state index in [0.717, 1.165) is 24.2 Å². The normalized spacial score (nSPS) is 17.8. The largest absolute Gasteiger partial charge is 0.494 e. The lowest BCUT2D eigenvalue weighted by molar-refractivity contribution is -0.0282. The second kappa shape index (κ2) is 9.92. The van der Waals surface area contributed by atoms with E-state index >= 15 is 0 Å². The van der Waals surface area contributed by atoms with E-state index in [4.69, 9.17) is 20.2 Å². The summed E-state index contributed by atoms with van der Waals surface area (Å²) in [6.07, 6.45) is 4.86. The number of aliphatic hydroxyl groups excluding tert-OH is 1. The van der Waals surface area contributed by atoms with Crippen molar-refractivity contribution in [3.63, 3.8) is 0 Å². The van der Waals surface area contributed by atoms with Gasteiger partial charge in [0.15, 0.2) is 11.6 Å². The quantitative estimate of drug-likeness (QED) is 0.376. The first kappa shape index (κ1) is 23.7. The van der Waals surface area contributed by atoms with Crippen LogP contribution in [0.4, 0.5) is 15.9 Å². The van der Waals surface area contributed by atoms with Crippen molar-refractivity contribution in [3.05, 3.63) is 72.1 Å². The molecule has 0 bridgehead atoms. The summed E-state index contributed by atoms with van der Waals surface area (Å²) in [5.74, 6) is 0.142. The van der Waals surface area contributed by atoms with Gasteiger partial charge >= 0.3 is 0 Å². The molecule has 0 radical (unpaired) electrons. The minimum atomic E-state index is -0.637. The molecule has 4 aromatic rings. The van der Waals surface area contributed by atoms with Crippen molar-refractivity contribution in [2.75, 3.05) is 31.4 Å². The number of fused-ring (bicyclic) bond motifs is 1. The highest BCUT2D eigenvalue weighted by Gasteiger charge is 2.28. The molecule has 1 saturated heterocycles. The maximum Gasteiger partial charge on any atom is 0.255 e. The van der Waals surface area contributed by atoms with Crippen LogP contribution in [-0.2, 0) is 4.74 Å². The molecule has 4 N–H and O–H groups in total. The zero-order valence-corrected chi connectivity index (χ0v) is 19.6. The van der Waals surface area contributed by atoms with Gasteiger partial charge in [-0.25, -0.2) is 14.4 Å². The summed E-state index contributed by atoms with van der Waals surface area (Å²) in [4.78, 5) is 21.9. The molecule has 36 heavy (non-hydrogen) atoms. The molecule has 0 spiro atoms. The number of aromatic nitrogens is 3. The first-order chi connectivity index (χ1) is 17.5. The van der Waals surface area contributed by atoms with Gasteiger partial charge in [-0.05, 0) is 37.1 Å². The molecule has 0 saturated carbocycles. The number of nitrogens with one attached hydrogen (secondary N) is 1. The number of nitrogens with zero attached hydrogens (tertiary/aromatic N) is 3. The minimum Gasteiger partial charge on any atom is -0.494 e. The van der Waals surface area contributed by atoms with E-state index < -0.39 is 11.7 Å². The van der Waals surface area contributed by atoms with E-state index in [1.54, 1.807) is 36.5 Å². The predicted octanol–water partition coefficient (Wildman–Crippen LogP) is 3.63. The number of nitrogen functional groups attached to an aromatic ring is 1. The molecule has 2 unspecified atom stereocenters. The molecule has 1 amide bonds. The van der Waals surface area contributed by atoms with Crippen LogP contribution in [0.3, 0.4) is 0 Å². The molecule has 0 aliphatic carbocycles. The van der Waals surface area contributed by atoms with Gasteiger partial charge < -0.3 is 25.6 Å². The average molecular weight is 492 g/mol. The Labute approximate surface area is 206 Å². The first-order valence-corrected chi connectivity index (χ1v) is 11.6. The molecular formula is C26H26FN5O4. The fraction of sp³-hybridized carbons (Fsp3) is 0.269. The Morgan fingerprint density at radius 2 is 2.08 bits per heavy atom. The van der Waals surface area contributed by atoms with Gasteiger partial charge in [-0.3, -0.25) is 9.20 Å². The zero-order chi connectivity index (χ0) is 25.2. The summed E-state index contributed by atoms with van der Waals surface area (Å²) in [6, 6.07) is 11.4. The van der Waals surface area contributed by atoms with Crippen LogP contribution in [0.5, 0.6) is 5.75 Å². The Kier molecular flexibility index (Phi) is 6.53. The second-order valence-electron chi connectivity index (χ2n) is 8.62. The molecule has 2 aromatic heterocycles. The lowest BCUT2D eigenvalue weighted by Gasteiger charge is -2.27. The lowest BCUT2D eigenvalue weighted by atomic mass is 9.98. The number of ether oxygens (including phenoxy) is 2. The summed E-state index contributed by atoms with van der Waals surface area (Å²) >= 11 is 0. The van der Waals surface area contributed by atoms with Crippen molar-refractivity contribution in [2.24, 2.45) is 0 Å². The maximum atomic E-state index is 14.4. The third kappa shape index (κ3) is 4.36. The smallest absolute Gasteiger partial charge is 0.255 e. The molecule has 2 atom stereocenters. The third-order valence-electron chi connectivity index (χ3n) is 6.40. The Bertz CT molecular complexity index is 1400. The van der Waals surface area contributed by atoms with Gasteiger partial charge in [0, 0.05) is 29.4 Å². The van der Waals surface area contributed by atoms with Gasteiger partial charge in [0.25, 0.3) is 5.91 Å². The van der Waals surface area contributed by atoms with Gasteiger partial charge in [-0.1, -0.05) is 18.2 Å². The molecule has 2 aromatic carbocycles. The number of aliphatic hydroxyl groups is 1. The SMILES string of the molecule is COc1cccc(NC(=O)c2ccc(-c3nc(C4CCC(CO)OC4)n4ccnc(N)c34)cc2)c1F. The van der Waals surface area contributed by atoms with E-state index in [-0.39, 0.29) is 30.1 Å². The number of nitrogens with two attached hydrogens (primary N) is 1. The highest BCUT2D eigenvalue weighted by molar-refractivity contribution is 6.04. The fourth-order valence-corrected chi connectivity index (χ4v) is 4.47. The molecule has 1 fully saturated rings. The topological polar surface area (TPSA) is 124 Å². The number of halogens is 1. The summed E-state index contributed by atoms with van der Waals surface area (Å²) in [5.41, 5.74) is 8.70. The number of amides is 1.